The second kappa shape index (κ2) is 8.51. The number of rotatable bonds is 6. The highest BCUT2D eigenvalue weighted by atomic mass is 35.5. The average Bonchev–Trinajstić information content (AvgIpc) is 2.69. The number of carbonyl (C=O) groups is 1. The number of methoxy groups -OCH3 is 1. The van der Waals surface area contributed by atoms with Gasteiger partial charge in [-0.3, -0.25) is 0 Å². The number of anilines is 2. The summed E-state index contributed by atoms with van der Waals surface area (Å²) < 4.78 is 10.4. The van der Waals surface area contributed by atoms with Crippen molar-refractivity contribution in [2.24, 2.45) is 0 Å². The van der Waals surface area contributed by atoms with Gasteiger partial charge in [-0.2, -0.15) is 0 Å². The van der Waals surface area contributed by atoms with Crippen LogP contribution in [0.5, 0.6) is 5.75 Å². The number of halogens is 1. The van der Waals surface area contributed by atoms with Gasteiger partial charge >= 0.3 is 5.97 Å². The molecule has 7 heteroatoms. The number of aromatic nitrogens is 2. The molecule has 2 aromatic carbocycles. The van der Waals surface area contributed by atoms with Crippen LogP contribution < -0.4 is 10.1 Å². The maximum Gasteiger partial charge on any atom is 0.339 e. The minimum atomic E-state index is -0.469. The molecule has 0 atom stereocenters. The summed E-state index contributed by atoms with van der Waals surface area (Å²) in [5, 5.41) is 3.49. The minimum absolute atomic E-state index is 0.279. The van der Waals surface area contributed by atoms with Gasteiger partial charge in [0.2, 0.25) is 0 Å². The summed E-state index contributed by atoms with van der Waals surface area (Å²) >= 11 is 6.10. The van der Waals surface area contributed by atoms with E-state index in [1.165, 1.54) is 6.33 Å². The molecule has 0 aliphatic rings. The molecule has 138 valence electrons. The summed E-state index contributed by atoms with van der Waals surface area (Å²) in [6.07, 6.45) is 1.46. The molecule has 3 aromatic rings. The van der Waals surface area contributed by atoms with E-state index >= 15 is 0 Å². The molecule has 3 rings (SSSR count). The first-order valence-electron chi connectivity index (χ1n) is 8.31. The number of esters is 1. The third-order valence-corrected chi connectivity index (χ3v) is 4.11. The van der Waals surface area contributed by atoms with Crippen LogP contribution in [0.15, 0.2) is 54.9 Å². The second-order valence-corrected chi connectivity index (χ2v) is 5.94. The molecule has 0 aliphatic carbocycles. The highest BCUT2D eigenvalue weighted by molar-refractivity contribution is 6.33. The van der Waals surface area contributed by atoms with Gasteiger partial charge in [-0.15, -0.1) is 0 Å². The smallest absolute Gasteiger partial charge is 0.339 e. The van der Waals surface area contributed by atoms with Crippen molar-refractivity contribution in [3.05, 3.63) is 65.4 Å². The number of para-hydroxylation sites is 1. The molecule has 0 unspecified atom stereocenters. The Balaban J connectivity index is 1.89. The van der Waals surface area contributed by atoms with E-state index in [2.05, 4.69) is 15.3 Å². The fraction of sp³-hybridized carbons (Fsp3) is 0.150. The zero-order valence-corrected chi connectivity index (χ0v) is 15.7. The third kappa shape index (κ3) is 4.35. The summed E-state index contributed by atoms with van der Waals surface area (Å²) in [5.41, 5.74) is 2.52. The minimum Gasteiger partial charge on any atom is -0.496 e. The molecule has 0 bridgehead atoms. The zero-order chi connectivity index (χ0) is 19.2. The van der Waals surface area contributed by atoms with Crippen molar-refractivity contribution in [2.45, 2.75) is 6.92 Å². The number of nitrogens with one attached hydrogen (secondary N) is 1. The lowest BCUT2D eigenvalue weighted by atomic mass is 10.1. The standard InChI is InChI=1S/C20H18ClN3O3/c1-3-27-20(25)15-10-13(8-9-16(15)21)24-19-11-17(22-12-23-19)14-6-4-5-7-18(14)26-2/h4-12H,3H2,1-2H3,(H,22,23,24). The van der Waals surface area contributed by atoms with E-state index in [1.54, 1.807) is 38.3 Å². The molecule has 1 N–H and O–H groups in total. The van der Waals surface area contributed by atoms with Crippen LogP contribution in [-0.4, -0.2) is 29.7 Å². The van der Waals surface area contributed by atoms with E-state index < -0.39 is 5.97 Å². The van der Waals surface area contributed by atoms with E-state index in [0.29, 0.717) is 27.8 Å². The van der Waals surface area contributed by atoms with Crippen LogP contribution in [0.4, 0.5) is 11.5 Å². The fourth-order valence-corrected chi connectivity index (χ4v) is 2.74. The fourth-order valence-electron chi connectivity index (χ4n) is 2.55. The Morgan fingerprint density at radius 2 is 1.96 bits per heavy atom. The van der Waals surface area contributed by atoms with Crippen LogP contribution in [0.1, 0.15) is 17.3 Å². The Bertz CT molecular complexity index is 963. The molecule has 27 heavy (non-hydrogen) atoms. The Hall–Kier alpha value is -3.12. The third-order valence-electron chi connectivity index (χ3n) is 3.78. The molecule has 0 fully saturated rings. The highest BCUT2D eigenvalue weighted by Gasteiger charge is 2.13. The lowest BCUT2D eigenvalue weighted by molar-refractivity contribution is 0.0526. The number of hydrogen-bond donors (Lipinski definition) is 1. The van der Waals surface area contributed by atoms with Gasteiger partial charge in [-0.1, -0.05) is 23.7 Å². The van der Waals surface area contributed by atoms with E-state index in [4.69, 9.17) is 21.1 Å². The topological polar surface area (TPSA) is 73.3 Å². The molecule has 0 radical (unpaired) electrons. The van der Waals surface area contributed by atoms with Crippen molar-refractivity contribution in [3.8, 4) is 17.0 Å². The van der Waals surface area contributed by atoms with E-state index in [0.717, 1.165) is 11.3 Å². The molecule has 0 saturated heterocycles. The van der Waals surface area contributed by atoms with Gasteiger partial charge in [0.1, 0.15) is 17.9 Å². The summed E-state index contributed by atoms with van der Waals surface area (Å²) in [5.74, 6) is 0.824. The lowest BCUT2D eigenvalue weighted by Gasteiger charge is -2.11. The van der Waals surface area contributed by atoms with Crippen LogP contribution in [-0.2, 0) is 4.74 Å². The van der Waals surface area contributed by atoms with Crippen molar-refractivity contribution in [3.63, 3.8) is 0 Å². The first-order chi connectivity index (χ1) is 13.1. The average molecular weight is 384 g/mol. The summed E-state index contributed by atoms with van der Waals surface area (Å²) in [7, 11) is 1.61. The maximum absolute atomic E-state index is 12.0. The largest absolute Gasteiger partial charge is 0.496 e. The number of carbonyl (C=O) groups excluding carboxylic acids is 1. The normalized spacial score (nSPS) is 10.3. The SMILES string of the molecule is CCOC(=O)c1cc(Nc2cc(-c3ccccc3OC)ncn2)ccc1Cl. The molecule has 0 saturated carbocycles. The van der Waals surface area contributed by atoms with E-state index in [9.17, 15) is 4.79 Å². The maximum atomic E-state index is 12.0. The predicted octanol–water partition coefficient (Wildman–Crippen LogP) is 4.73. The molecule has 0 amide bonds. The van der Waals surface area contributed by atoms with Crippen molar-refractivity contribution < 1.29 is 14.3 Å². The summed E-state index contributed by atoms with van der Waals surface area (Å²) in [6, 6.07) is 14.4. The monoisotopic (exact) mass is 383 g/mol. The van der Waals surface area contributed by atoms with Crippen LogP contribution in [0.3, 0.4) is 0 Å². The Morgan fingerprint density at radius 3 is 2.74 bits per heavy atom. The first kappa shape index (κ1) is 18.7. The van der Waals surface area contributed by atoms with Gasteiger partial charge in [-0.25, -0.2) is 14.8 Å². The van der Waals surface area contributed by atoms with E-state index in [-0.39, 0.29) is 6.61 Å². The Kier molecular flexibility index (Phi) is 5.88. The molecule has 1 aromatic heterocycles. The van der Waals surface area contributed by atoms with Crippen molar-refractivity contribution in [1.82, 2.24) is 9.97 Å². The molecule has 0 spiro atoms. The predicted molar refractivity (Wildman–Crippen MR) is 105 cm³/mol. The number of benzene rings is 2. The molecule has 6 nitrogen and oxygen atoms in total. The number of ether oxygens (including phenoxy) is 2. The molecular weight excluding hydrogens is 366 g/mol. The van der Waals surface area contributed by atoms with Gasteiger partial charge in [0.25, 0.3) is 0 Å². The van der Waals surface area contributed by atoms with Crippen LogP contribution in [0.25, 0.3) is 11.3 Å². The number of hydrogen-bond acceptors (Lipinski definition) is 6. The van der Waals surface area contributed by atoms with Crippen LogP contribution in [0, 0.1) is 0 Å². The Morgan fingerprint density at radius 1 is 1.15 bits per heavy atom. The summed E-state index contributed by atoms with van der Waals surface area (Å²) in [4.78, 5) is 20.6. The zero-order valence-electron chi connectivity index (χ0n) is 14.9. The van der Waals surface area contributed by atoms with Crippen molar-refractivity contribution in [1.29, 1.82) is 0 Å². The number of nitrogens with zero attached hydrogens (tertiary/aromatic N) is 2. The van der Waals surface area contributed by atoms with Crippen molar-refractivity contribution in [2.75, 3.05) is 19.0 Å². The van der Waals surface area contributed by atoms with Gasteiger partial charge in [0.15, 0.2) is 0 Å². The van der Waals surface area contributed by atoms with Crippen molar-refractivity contribution >= 4 is 29.1 Å². The quantitative estimate of drug-likeness (QED) is 0.620. The Labute approximate surface area is 162 Å². The summed E-state index contributed by atoms with van der Waals surface area (Å²) in [6.45, 7) is 2.02. The molecular formula is C20H18ClN3O3. The van der Waals surface area contributed by atoms with Crippen LogP contribution >= 0.6 is 11.6 Å². The van der Waals surface area contributed by atoms with Gasteiger partial charge in [-0.05, 0) is 37.3 Å². The van der Waals surface area contributed by atoms with Gasteiger partial charge < -0.3 is 14.8 Å². The molecule has 0 aliphatic heterocycles. The van der Waals surface area contributed by atoms with Crippen LogP contribution in [0.2, 0.25) is 5.02 Å². The second-order valence-electron chi connectivity index (χ2n) is 5.53. The highest BCUT2D eigenvalue weighted by Crippen LogP contribution is 2.30. The lowest BCUT2D eigenvalue weighted by Crippen LogP contribution is -2.06. The van der Waals surface area contributed by atoms with Gasteiger partial charge in [0.05, 0.1) is 30.0 Å². The van der Waals surface area contributed by atoms with E-state index in [1.807, 2.05) is 24.3 Å². The molecule has 1 heterocycles. The first-order valence-corrected chi connectivity index (χ1v) is 8.69. The van der Waals surface area contributed by atoms with Gasteiger partial charge in [0, 0.05) is 17.3 Å².